The molecule has 0 saturated heterocycles. The van der Waals surface area contributed by atoms with Crippen LogP contribution >= 0.6 is 0 Å². The first kappa shape index (κ1) is 17.7. The first-order valence-corrected chi connectivity index (χ1v) is 11.4. The zero-order valence-electron chi connectivity index (χ0n) is 14.4. The molecule has 1 aromatic rings. The Bertz CT molecular complexity index is 550. The summed E-state index contributed by atoms with van der Waals surface area (Å²) in [4.78, 5) is 25.3. The Morgan fingerprint density at radius 3 is 2.00 bits per heavy atom. The van der Waals surface area contributed by atoms with Crippen molar-refractivity contribution in [2.24, 2.45) is 5.41 Å². The molecule has 0 N–H and O–H groups in total. The highest BCUT2D eigenvalue weighted by Crippen LogP contribution is 2.57. The van der Waals surface area contributed by atoms with Crippen molar-refractivity contribution < 1.29 is 19.1 Å². The monoisotopic (exact) mass is 334 g/mol. The van der Waals surface area contributed by atoms with Gasteiger partial charge in [0.1, 0.15) is 0 Å². The van der Waals surface area contributed by atoms with Crippen molar-refractivity contribution in [3.8, 4) is 0 Å². The fourth-order valence-electron chi connectivity index (χ4n) is 3.71. The van der Waals surface area contributed by atoms with Gasteiger partial charge in [0.25, 0.3) is 0 Å². The lowest BCUT2D eigenvalue weighted by Crippen LogP contribution is -2.62. The highest BCUT2D eigenvalue weighted by molar-refractivity contribution is 6.91. The van der Waals surface area contributed by atoms with Crippen molar-refractivity contribution in [1.82, 2.24) is 0 Å². The Morgan fingerprint density at radius 2 is 1.61 bits per heavy atom. The molecule has 0 heterocycles. The second kappa shape index (κ2) is 6.87. The fraction of sp³-hybridized carbons (Fsp3) is 0.556. The van der Waals surface area contributed by atoms with Crippen LogP contribution in [0.4, 0.5) is 0 Å². The number of carbonyl (C=O) groups excluding carboxylic acids is 2. The molecule has 2 rings (SSSR count). The molecule has 1 aromatic carbocycles. The largest absolute Gasteiger partial charge is 0.465 e. The third-order valence-electron chi connectivity index (χ3n) is 5.09. The lowest BCUT2D eigenvalue weighted by Gasteiger charge is -2.51. The van der Waals surface area contributed by atoms with E-state index < -0.39 is 25.4 Å². The summed E-state index contributed by atoms with van der Waals surface area (Å²) in [5.74, 6) is -0.822. The maximum atomic E-state index is 12.7. The van der Waals surface area contributed by atoms with Gasteiger partial charge in [-0.25, -0.2) is 0 Å². The molecule has 5 heteroatoms. The normalized spacial score (nSPS) is 19.6. The number of esters is 2. The minimum Gasteiger partial charge on any atom is -0.465 e. The van der Waals surface area contributed by atoms with E-state index in [1.807, 2.05) is 18.2 Å². The second-order valence-electron chi connectivity index (χ2n) is 6.59. The maximum Gasteiger partial charge on any atom is 0.323 e. The van der Waals surface area contributed by atoms with Gasteiger partial charge < -0.3 is 9.47 Å². The molecule has 4 nitrogen and oxygen atoms in total. The summed E-state index contributed by atoms with van der Waals surface area (Å²) in [6, 6.07) is 10.2. The molecule has 0 spiro atoms. The van der Waals surface area contributed by atoms with E-state index in [9.17, 15) is 9.59 Å². The van der Waals surface area contributed by atoms with Crippen molar-refractivity contribution >= 4 is 25.2 Å². The third-order valence-corrected chi connectivity index (χ3v) is 9.44. The summed E-state index contributed by atoms with van der Waals surface area (Å²) in [7, 11) is -2.02. The molecule has 0 bridgehead atoms. The van der Waals surface area contributed by atoms with Crippen LogP contribution in [0.3, 0.4) is 0 Å². The Kier molecular flexibility index (Phi) is 5.29. The minimum atomic E-state index is -2.02. The summed E-state index contributed by atoms with van der Waals surface area (Å²) >= 11 is 0. The van der Waals surface area contributed by atoms with Gasteiger partial charge in [-0.3, -0.25) is 9.59 Å². The van der Waals surface area contributed by atoms with Gasteiger partial charge in [-0.1, -0.05) is 48.6 Å². The molecule has 0 aliphatic heterocycles. The molecule has 0 radical (unpaired) electrons. The van der Waals surface area contributed by atoms with Crippen molar-refractivity contribution in [3.63, 3.8) is 0 Å². The average molecular weight is 334 g/mol. The van der Waals surface area contributed by atoms with E-state index in [1.165, 1.54) is 5.19 Å². The standard InChI is InChI=1S/C18H26O4Si/c1-5-21-16(19)18(17(20)22-6-2)13-12-15(18)23(3,4)14-10-8-7-9-11-14/h7-11,15H,5-6,12-13H2,1-4H3. The van der Waals surface area contributed by atoms with Crippen molar-refractivity contribution in [1.29, 1.82) is 0 Å². The fourth-order valence-corrected chi connectivity index (χ4v) is 7.65. The lowest BCUT2D eigenvalue weighted by molar-refractivity contribution is -0.179. The number of hydrogen-bond acceptors (Lipinski definition) is 4. The number of rotatable bonds is 6. The SMILES string of the molecule is CCOC(=O)C1(C(=O)OCC)CCC1[Si](C)(C)c1ccccc1. The Labute approximate surface area is 139 Å². The Hall–Kier alpha value is -1.62. The lowest BCUT2D eigenvalue weighted by atomic mass is 9.68. The molecule has 1 atom stereocenters. The number of ether oxygens (including phenoxy) is 2. The van der Waals surface area contributed by atoms with E-state index in [1.54, 1.807) is 13.8 Å². The molecule has 0 amide bonds. The van der Waals surface area contributed by atoms with Gasteiger partial charge in [0.05, 0.1) is 21.3 Å². The van der Waals surface area contributed by atoms with Crippen LogP contribution in [-0.4, -0.2) is 33.2 Å². The summed E-state index contributed by atoms with van der Waals surface area (Å²) in [5.41, 5.74) is -1.10. The van der Waals surface area contributed by atoms with Gasteiger partial charge >= 0.3 is 11.9 Å². The first-order chi connectivity index (χ1) is 10.9. The van der Waals surface area contributed by atoms with Gasteiger partial charge in [0.2, 0.25) is 0 Å². The predicted octanol–water partition coefficient (Wildman–Crippen LogP) is 2.88. The van der Waals surface area contributed by atoms with Crippen LogP contribution in [0.2, 0.25) is 18.6 Å². The molecule has 126 valence electrons. The highest BCUT2D eigenvalue weighted by Gasteiger charge is 2.65. The van der Waals surface area contributed by atoms with Crippen LogP contribution in [0.15, 0.2) is 30.3 Å². The molecule has 1 aliphatic rings. The number of hydrogen-bond donors (Lipinski definition) is 0. The molecule has 1 fully saturated rings. The Balaban J connectivity index is 2.40. The molecule has 23 heavy (non-hydrogen) atoms. The van der Waals surface area contributed by atoms with Crippen molar-refractivity contribution in [3.05, 3.63) is 30.3 Å². The minimum absolute atomic E-state index is 0.00972. The quantitative estimate of drug-likeness (QED) is 0.456. The van der Waals surface area contributed by atoms with E-state index in [0.717, 1.165) is 6.42 Å². The van der Waals surface area contributed by atoms with E-state index in [-0.39, 0.29) is 18.8 Å². The molecule has 0 aromatic heterocycles. The van der Waals surface area contributed by atoms with Crippen LogP contribution in [0, 0.1) is 5.41 Å². The van der Waals surface area contributed by atoms with E-state index in [2.05, 4.69) is 25.2 Å². The summed E-state index contributed by atoms with van der Waals surface area (Å²) in [6.45, 7) is 8.53. The van der Waals surface area contributed by atoms with E-state index in [4.69, 9.17) is 9.47 Å². The Morgan fingerprint density at radius 1 is 1.09 bits per heavy atom. The predicted molar refractivity (Wildman–Crippen MR) is 92.2 cm³/mol. The van der Waals surface area contributed by atoms with Gasteiger partial charge in [-0.2, -0.15) is 0 Å². The van der Waals surface area contributed by atoms with Crippen LogP contribution in [-0.2, 0) is 19.1 Å². The third kappa shape index (κ3) is 2.94. The molecule has 1 saturated carbocycles. The van der Waals surface area contributed by atoms with Gasteiger partial charge in [0.15, 0.2) is 5.41 Å². The zero-order valence-corrected chi connectivity index (χ0v) is 15.4. The molecular weight excluding hydrogens is 308 g/mol. The summed E-state index contributed by atoms with van der Waals surface area (Å²) < 4.78 is 10.5. The zero-order chi connectivity index (χ0) is 17.1. The highest BCUT2D eigenvalue weighted by atomic mass is 28.3. The molecule has 1 aliphatic carbocycles. The van der Waals surface area contributed by atoms with E-state index >= 15 is 0 Å². The van der Waals surface area contributed by atoms with Gasteiger partial charge in [-0.05, 0) is 32.2 Å². The number of benzene rings is 1. The first-order valence-electron chi connectivity index (χ1n) is 8.31. The summed E-state index contributed by atoms with van der Waals surface area (Å²) in [6.07, 6.45) is 1.39. The second-order valence-corrected chi connectivity index (χ2v) is 11.3. The molecular formula is C18H26O4Si. The van der Waals surface area contributed by atoms with Crippen LogP contribution < -0.4 is 5.19 Å². The maximum absolute atomic E-state index is 12.7. The summed E-state index contributed by atoms with van der Waals surface area (Å²) in [5, 5.41) is 1.25. The van der Waals surface area contributed by atoms with Crippen LogP contribution in [0.5, 0.6) is 0 Å². The van der Waals surface area contributed by atoms with Gasteiger partial charge in [0, 0.05) is 0 Å². The van der Waals surface area contributed by atoms with Crippen LogP contribution in [0.1, 0.15) is 26.7 Å². The van der Waals surface area contributed by atoms with Crippen molar-refractivity contribution in [2.75, 3.05) is 13.2 Å². The van der Waals surface area contributed by atoms with E-state index in [0.29, 0.717) is 6.42 Å². The van der Waals surface area contributed by atoms with Crippen molar-refractivity contribution in [2.45, 2.75) is 45.3 Å². The molecule has 1 unspecified atom stereocenters. The number of carbonyl (C=O) groups is 2. The average Bonchev–Trinajstić information content (AvgIpc) is 2.47. The smallest absolute Gasteiger partial charge is 0.323 e. The van der Waals surface area contributed by atoms with Crippen LogP contribution in [0.25, 0.3) is 0 Å². The topological polar surface area (TPSA) is 52.6 Å². The van der Waals surface area contributed by atoms with Gasteiger partial charge in [-0.15, -0.1) is 0 Å².